The van der Waals surface area contributed by atoms with Gasteiger partial charge in [0.2, 0.25) is 5.95 Å². The van der Waals surface area contributed by atoms with Crippen LogP contribution < -0.4 is 9.64 Å². The number of hydrogen-bond donors (Lipinski definition) is 0. The zero-order valence-electron chi connectivity index (χ0n) is 11.6. The first-order valence-corrected chi connectivity index (χ1v) is 6.88. The lowest BCUT2D eigenvalue weighted by molar-refractivity contribution is -0.0507. The van der Waals surface area contributed by atoms with E-state index in [1.807, 2.05) is 4.90 Å². The van der Waals surface area contributed by atoms with E-state index >= 15 is 0 Å². The van der Waals surface area contributed by atoms with Gasteiger partial charge < -0.3 is 9.64 Å². The number of tetrazole rings is 1. The van der Waals surface area contributed by atoms with Gasteiger partial charge in [-0.05, 0) is 35.4 Å². The van der Waals surface area contributed by atoms with E-state index in [4.69, 9.17) is 0 Å². The Morgan fingerprint density at radius 1 is 1.23 bits per heavy atom. The molecule has 1 aliphatic rings. The topological polar surface area (TPSA) is 56.1 Å². The molecule has 0 bridgehead atoms. The van der Waals surface area contributed by atoms with Crippen LogP contribution >= 0.6 is 0 Å². The van der Waals surface area contributed by atoms with Crippen molar-refractivity contribution in [1.82, 2.24) is 20.2 Å². The lowest BCUT2D eigenvalue weighted by Gasteiger charge is -2.17. The van der Waals surface area contributed by atoms with Crippen molar-refractivity contribution in [3.63, 3.8) is 0 Å². The quantitative estimate of drug-likeness (QED) is 0.846. The summed E-state index contributed by atoms with van der Waals surface area (Å²) >= 11 is 0. The van der Waals surface area contributed by atoms with Gasteiger partial charge in [0.05, 0.1) is 12.1 Å². The maximum absolute atomic E-state index is 14.0. The standard InChI is InChI=1S/C13H14F3N5O/c14-10-4-3-5-11(22-12(15)16)9(10)8-21-13(17-18-19-21)20-6-1-2-7-20/h3-5,12H,1-2,6-8H2. The second-order valence-electron chi connectivity index (χ2n) is 4.93. The number of anilines is 1. The monoisotopic (exact) mass is 313 g/mol. The Bertz CT molecular complexity index is 642. The molecule has 1 aliphatic heterocycles. The lowest BCUT2D eigenvalue weighted by Crippen LogP contribution is -2.23. The Morgan fingerprint density at radius 3 is 2.73 bits per heavy atom. The maximum Gasteiger partial charge on any atom is 0.387 e. The lowest BCUT2D eigenvalue weighted by atomic mass is 10.2. The first kappa shape index (κ1) is 14.6. The second-order valence-corrected chi connectivity index (χ2v) is 4.93. The van der Waals surface area contributed by atoms with Crippen LogP contribution in [0.3, 0.4) is 0 Å². The molecular weight excluding hydrogens is 299 g/mol. The van der Waals surface area contributed by atoms with E-state index in [2.05, 4.69) is 20.3 Å². The van der Waals surface area contributed by atoms with Crippen molar-refractivity contribution in [2.75, 3.05) is 18.0 Å². The SMILES string of the molecule is Fc1cccc(OC(F)F)c1Cn1nnnc1N1CCCC1. The fraction of sp³-hybridized carbons (Fsp3) is 0.462. The van der Waals surface area contributed by atoms with Crippen molar-refractivity contribution >= 4 is 5.95 Å². The van der Waals surface area contributed by atoms with Gasteiger partial charge in [-0.15, -0.1) is 0 Å². The van der Waals surface area contributed by atoms with Gasteiger partial charge in [0.1, 0.15) is 11.6 Å². The minimum atomic E-state index is -3.02. The van der Waals surface area contributed by atoms with Crippen molar-refractivity contribution in [2.24, 2.45) is 0 Å². The molecule has 1 fully saturated rings. The summed E-state index contributed by atoms with van der Waals surface area (Å²) in [5.74, 6) is -0.345. The van der Waals surface area contributed by atoms with Gasteiger partial charge in [-0.2, -0.15) is 8.78 Å². The van der Waals surface area contributed by atoms with Crippen molar-refractivity contribution in [3.05, 3.63) is 29.6 Å². The third kappa shape index (κ3) is 2.97. The Balaban J connectivity index is 1.89. The Hall–Kier alpha value is -2.32. The highest BCUT2D eigenvalue weighted by Gasteiger charge is 2.21. The highest BCUT2D eigenvalue weighted by atomic mass is 19.3. The summed E-state index contributed by atoms with van der Waals surface area (Å²) in [6.07, 6.45) is 2.07. The van der Waals surface area contributed by atoms with Crippen molar-refractivity contribution < 1.29 is 17.9 Å². The Morgan fingerprint density at radius 2 is 2.00 bits per heavy atom. The van der Waals surface area contributed by atoms with Crippen LogP contribution in [0.15, 0.2) is 18.2 Å². The van der Waals surface area contributed by atoms with Gasteiger partial charge in [-0.3, -0.25) is 0 Å². The molecule has 3 rings (SSSR count). The average molecular weight is 313 g/mol. The number of aromatic nitrogens is 4. The van der Waals surface area contributed by atoms with Crippen LogP contribution in [0.4, 0.5) is 19.1 Å². The zero-order valence-corrected chi connectivity index (χ0v) is 11.6. The molecule has 0 spiro atoms. The molecule has 1 aromatic heterocycles. The van der Waals surface area contributed by atoms with E-state index < -0.39 is 12.4 Å². The van der Waals surface area contributed by atoms with Crippen molar-refractivity contribution in [1.29, 1.82) is 0 Å². The van der Waals surface area contributed by atoms with Crippen LogP contribution in [-0.2, 0) is 6.54 Å². The summed E-state index contributed by atoms with van der Waals surface area (Å²) in [4.78, 5) is 1.98. The summed E-state index contributed by atoms with van der Waals surface area (Å²) in [5, 5.41) is 11.3. The molecule has 0 radical (unpaired) electrons. The van der Waals surface area contributed by atoms with E-state index in [1.54, 1.807) is 0 Å². The normalized spacial score (nSPS) is 14.8. The zero-order chi connectivity index (χ0) is 15.5. The predicted molar refractivity (Wildman–Crippen MR) is 71.4 cm³/mol. The highest BCUT2D eigenvalue weighted by Crippen LogP contribution is 2.26. The summed E-state index contributed by atoms with van der Waals surface area (Å²) in [5.41, 5.74) is -0.00412. The fourth-order valence-corrected chi connectivity index (χ4v) is 2.49. The van der Waals surface area contributed by atoms with Crippen LogP contribution in [0.1, 0.15) is 18.4 Å². The molecule has 0 N–H and O–H groups in total. The fourth-order valence-electron chi connectivity index (χ4n) is 2.49. The van der Waals surface area contributed by atoms with Crippen molar-refractivity contribution in [2.45, 2.75) is 26.0 Å². The van der Waals surface area contributed by atoms with Crippen molar-refractivity contribution in [3.8, 4) is 5.75 Å². The number of ether oxygens (including phenoxy) is 1. The summed E-state index contributed by atoms with van der Waals surface area (Å²) in [7, 11) is 0. The number of rotatable bonds is 5. The molecule has 0 unspecified atom stereocenters. The second kappa shape index (κ2) is 6.20. The molecule has 0 amide bonds. The molecule has 22 heavy (non-hydrogen) atoms. The van der Waals surface area contributed by atoms with Crippen LogP contribution in [0.25, 0.3) is 0 Å². The number of alkyl halides is 2. The summed E-state index contributed by atoms with van der Waals surface area (Å²) < 4.78 is 44.6. The smallest absolute Gasteiger partial charge is 0.387 e. The first-order chi connectivity index (χ1) is 10.6. The summed E-state index contributed by atoms with van der Waals surface area (Å²) in [6.45, 7) is -1.46. The van der Waals surface area contributed by atoms with Gasteiger partial charge in [-0.25, -0.2) is 9.07 Å². The number of nitrogens with zero attached hydrogens (tertiary/aromatic N) is 5. The van der Waals surface area contributed by atoms with E-state index in [0.29, 0.717) is 5.95 Å². The molecular formula is C13H14F3N5O. The molecule has 6 nitrogen and oxygen atoms in total. The van der Waals surface area contributed by atoms with Gasteiger partial charge in [0.15, 0.2) is 0 Å². The minimum Gasteiger partial charge on any atom is -0.434 e. The van der Waals surface area contributed by atoms with E-state index in [9.17, 15) is 13.2 Å². The third-order valence-electron chi connectivity index (χ3n) is 3.50. The maximum atomic E-state index is 14.0. The molecule has 1 saturated heterocycles. The number of hydrogen-bond acceptors (Lipinski definition) is 5. The van der Waals surface area contributed by atoms with E-state index in [-0.39, 0.29) is 17.9 Å². The van der Waals surface area contributed by atoms with Crippen LogP contribution in [0.5, 0.6) is 5.75 Å². The third-order valence-corrected chi connectivity index (χ3v) is 3.50. The average Bonchev–Trinajstić information content (AvgIpc) is 3.12. The van der Waals surface area contributed by atoms with E-state index in [0.717, 1.165) is 25.9 Å². The Kier molecular flexibility index (Phi) is 4.12. The molecule has 0 saturated carbocycles. The van der Waals surface area contributed by atoms with Gasteiger partial charge in [0, 0.05) is 13.1 Å². The van der Waals surface area contributed by atoms with Crippen LogP contribution in [0, 0.1) is 5.82 Å². The van der Waals surface area contributed by atoms with Gasteiger partial charge in [0.25, 0.3) is 0 Å². The largest absolute Gasteiger partial charge is 0.434 e. The predicted octanol–water partition coefficient (Wildman–Crippen LogP) is 2.06. The minimum absolute atomic E-state index is 0.00412. The first-order valence-electron chi connectivity index (χ1n) is 6.88. The molecule has 9 heteroatoms. The van der Waals surface area contributed by atoms with Crippen LogP contribution in [0.2, 0.25) is 0 Å². The molecule has 118 valence electrons. The van der Waals surface area contributed by atoms with E-state index in [1.165, 1.54) is 22.9 Å². The number of halogens is 3. The van der Waals surface area contributed by atoms with Gasteiger partial charge in [-0.1, -0.05) is 11.2 Å². The molecule has 0 aliphatic carbocycles. The molecule has 2 heterocycles. The summed E-state index contributed by atoms with van der Waals surface area (Å²) in [6, 6.07) is 3.80. The molecule has 0 atom stereocenters. The highest BCUT2D eigenvalue weighted by molar-refractivity contribution is 5.37. The number of benzene rings is 1. The molecule has 2 aromatic rings. The Labute approximate surface area is 124 Å². The molecule has 1 aromatic carbocycles. The van der Waals surface area contributed by atoms with Gasteiger partial charge >= 0.3 is 6.61 Å². The van der Waals surface area contributed by atoms with Crippen LogP contribution in [-0.4, -0.2) is 39.9 Å².